The highest BCUT2D eigenvalue weighted by atomic mass is 32.1. The molecule has 0 aliphatic carbocycles. The van der Waals surface area contributed by atoms with Crippen LogP contribution in [-0.4, -0.2) is 71.0 Å². The molecule has 164 valence electrons. The standard InChI is InChI=1S/C15H26N6O7S/c16-7(1-3-10(17)22)13(25)19-5-12(24)20-8(2-4-11(18)23)14(26)21-9(6-29)15(27)28/h7-9,29H,1-6,16H2,(H2,17,22)(H2,18,23)(H,19,25)(H,20,24)(H,21,26)(H,27,28). The smallest absolute Gasteiger partial charge is 0.327 e. The molecule has 0 saturated carbocycles. The highest BCUT2D eigenvalue weighted by Crippen LogP contribution is 2.00. The van der Waals surface area contributed by atoms with Crippen LogP contribution in [0.2, 0.25) is 0 Å². The third kappa shape index (κ3) is 11.5. The minimum atomic E-state index is -1.33. The summed E-state index contributed by atoms with van der Waals surface area (Å²) in [5, 5.41) is 15.6. The molecule has 29 heavy (non-hydrogen) atoms. The maximum absolute atomic E-state index is 12.2. The number of carbonyl (C=O) groups excluding carboxylic acids is 5. The van der Waals surface area contributed by atoms with Crippen molar-refractivity contribution in [2.24, 2.45) is 17.2 Å². The number of aliphatic carboxylic acids is 1. The minimum absolute atomic E-state index is 0.00721. The first kappa shape index (κ1) is 26.1. The second-order valence-corrected chi connectivity index (χ2v) is 6.40. The third-order valence-corrected chi connectivity index (χ3v) is 3.96. The molecule has 0 aromatic rings. The van der Waals surface area contributed by atoms with Gasteiger partial charge in [0.2, 0.25) is 29.5 Å². The van der Waals surface area contributed by atoms with E-state index in [0.717, 1.165) is 0 Å². The Labute approximate surface area is 171 Å². The van der Waals surface area contributed by atoms with Crippen LogP contribution in [0.15, 0.2) is 0 Å². The van der Waals surface area contributed by atoms with Gasteiger partial charge in [-0.05, 0) is 12.8 Å². The molecule has 0 aliphatic heterocycles. The molecule has 13 nitrogen and oxygen atoms in total. The van der Waals surface area contributed by atoms with Crippen LogP contribution in [0.5, 0.6) is 0 Å². The summed E-state index contributed by atoms with van der Waals surface area (Å²) in [6.07, 6.45) is -0.544. The number of hydrogen-bond acceptors (Lipinski definition) is 8. The van der Waals surface area contributed by atoms with Gasteiger partial charge in [-0.3, -0.25) is 24.0 Å². The van der Waals surface area contributed by atoms with Gasteiger partial charge in [0, 0.05) is 18.6 Å². The Hall–Kier alpha value is -2.87. The number of primary amides is 2. The second kappa shape index (κ2) is 13.3. The molecule has 0 aromatic carbocycles. The van der Waals surface area contributed by atoms with Crippen molar-refractivity contribution in [1.82, 2.24) is 16.0 Å². The van der Waals surface area contributed by atoms with Gasteiger partial charge in [-0.2, -0.15) is 12.6 Å². The van der Waals surface area contributed by atoms with Crippen LogP contribution in [0.4, 0.5) is 0 Å². The van der Waals surface area contributed by atoms with Gasteiger partial charge in [0.15, 0.2) is 0 Å². The van der Waals surface area contributed by atoms with Crippen molar-refractivity contribution in [1.29, 1.82) is 0 Å². The number of amides is 5. The van der Waals surface area contributed by atoms with E-state index in [9.17, 15) is 28.8 Å². The van der Waals surface area contributed by atoms with E-state index < -0.39 is 60.2 Å². The maximum Gasteiger partial charge on any atom is 0.327 e. The highest BCUT2D eigenvalue weighted by Gasteiger charge is 2.26. The van der Waals surface area contributed by atoms with E-state index >= 15 is 0 Å². The Bertz CT molecular complexity index is 645. The first-order valence-electron chi connectivity index (χ1n) is 8.51. The van der Waals surface area contributed by atoms with Gasteiger partial charge in [0.1, 0.15) is 12.1 Å². The first-order chi connectivity index (χ1) is 13.5. The van der Waals surface area contributed by atoms with E-state index in [1.165, 1.54) is 0 Å². The van der Waals surface area contributed by atoms with E-state index in [1.807, 2.05) is 0 Å². The summed E-state index contributed by atoms with van der Waals surface area (Å²) < 4.78 is 0. The molecule has 0 spiro atoms. The molecule has 0 saturated heterocycles. The molecular formula is C15H26N6O7S. The van der Waals surface area contributed by atoms with E-state index in [4.69, 9.17) is 22.3 Å². The van der Waals surface area contributed by atoms with E-state index in [-0.39, 0.29) is 31.4 Å². The SMILES string of the molecule is NC(=O)CCC(N)C(=O)NCC(=O)NC(CCC(N)=O)C(=O)NC(CS)C(=O)O. The summed E-state index contributed by atoms with van der Waals surface area (Å²) in [6, 6.07) is -3.63. The van der Waals surface area contributed by atoms with Crippen LogP contribution in [-0.2, 0) is 28.8 Å². The average Bonchev–Trinajstić information content (AvgIpc) is 2.64. The fourth-order valence-electron chi connectivity index (χ4n) is 1.99. The zero-order chi connectivity index (χ0) is 22.6. The van der Waals surface area contributed by atoms with Gasteiger partial charge in [-0.15, -0.1) is 0 Å². The normalized spacial score (nSPS) is 13.4. The third-order valence-electron chi connectivity index (χ3n) is 3.59. The minimum Gasteiger partial charge on any atom is -0.480 e. The number of carboxylic acid groups (broad SMARTS) is 1. The second-order valence-electron chi connectivity index (χ2n) is 6.04. The van der Waals surface area contributed by atoms with Crippen LogP contribution in [0.25, 0.3) is 0 Å². The number of rotatable bonds is 14. The summed E-state index contributed by atoms with van der Waals surface area (Å²) in [5.74, 6) is -5.24. The zero-order valence-corrected chi connectivity index (χ0v) is 16.4. The predicted molar refractivity (Wildman–Crippen MR) is 103 cm³/mol. The number of thiol groups is 1. The molecule has 3 unspecified atom stereocenters. The summed E-state index contributed by atoms with van der Waals surface area (Å²) in [4.78, 5) is 68.7. The molecule has 14 heteroatoms. The molecule has 0 rings (SSSR count). The quantitative estimate of drug-likeness (QED) is 0.125. The highest BCUT2D eigenvalue weighted by molar-refractivity contribution is 7.80. The number of carbonyl (C=O) groups is 6. The van der Waals surface area contributed by atoms with Gasteiger partial charge < -0.3 is 38.3 Å². The van der Waals surface area contributed by atoms with E-state index in [1.54, 1.807) is 0 Å². The lowest BCUT2D eigenvalue weighted by Crippen LogP contribution is -2.54. The molecule has 10 N–H and O–H groups in total. The Kier molecular flexibility index (Phi) is 12.0. The molecule has 0 aromatic heterocycles. The van der Waals surface area contributed by atoms with Crippen molar-refractivity contribution in [3.05, 3.63) is 0 Å². The van der Waals surface area contributed by atoms with Crippen LogP contribution in [0, 0.1) is 0 Å². The summed E-state index contributed by atoms with van der Waals surface area (Å²) >= 11 is 3.81. The lowest BCUT2D eigenvalue weighted by molar-refractivity contribution is -0.141. The van der Waals surface area contributed by atoms with Gasteiger partial charge in [0.25, 0.3) is 0 Å². The van der Waals surface area contributed by atoms with Gasteiger partial charge in [-0.25, -0.2) is 4.79 Å². The zero-order valence-electron chi connectivity index (χ0n) is 15.6. The van der Waals surface area contributed by atoms with Gasteiger partial charge in [-0.1, -0.05) is 0 Å². The maximum atomic E-state index is 12.2. The van der Waals surface area contributed by atoms with Gasteiger partial charge in [0.05, 0.1) is 12.6 Å². The summed E-state index contributed by atoms with van der Waals surface area (Å²) in [6.45, 7) is -0.543. The lowest BCUT2D eigenvalue weighted by Gasteiger charge is -2.20. The van der Waals surface area contributed by atoms with Crippen LogP contribution in [0.3, 0.4) is 0 Å². The Balaban J connectivity index is 4.79. The molecule has 0 heterocycles. The number of hydrogen-bond donors (Lipinski definition) is 8. The molecule has 3 atom stereocenters. The fraction of sp³-hybridized carbons (Fsp3) is 0.600. The Morgan fingerprint density at radius 1 is 0.862 bits per heavy atom. The number of carboxylic acids is 1. The van der Waals surface area contributed by atoms with Crippen molar-refractivity contribution in [3.63, 3.8) is 0 Å². The molecule has 0 bridgehead atoms. The van der Waals surface area contributed by atoms with Crippen molar-refractivity contribution in [3.8, 4) is 0 Å². The molecule has 0 aliphatic rings. The summed E-state index contributed by atoms with van der Waals surface area (Å²) in [5.41, 5.74) is 15.5. The van der Waals surface area contributed by atoms with E-state index in [2.05, 4.69) is 28.6 Å². The molecule has 5 amide bonds. The number of nitrogens with one attached hydrogen (secondary N) is 3. The van der Waals surface area contributed by atoms with E-state index in [0.29, 0.717) is 0 Å². The average molecular weight is 434 g/mol. The Morgan fingerprint density at radius 3 is 1.90 bits per heavy atom. The van der Waals surface area contributed by atoms with Crippen LogP contribution in [0.1, 0.15) is 25.7 Å². The fourth-order valence-corrected chi connectivity index (χ4v) is 2.23. The number of nitrogens with two attached hydrogens (primary N) is 3. The molecule has 0 radical (unpaired) electrons. The molecule has 0 fully saturated rings. The van der Waals surface area contributed by atoms with Crippen molar-refractivity contribution < 1.29 is 33.9 Å². The molecular weight excluding hydrogens is 408 g/mol. The van der Waals surface area contributed by atoms with Crippen molar-refractivity contribution >= 4 is 48.1 Å². The summed E-state index contributed by atoms with van der Waals surface area (Å²) in [7, 11) is 0. The van der Waals surface area contributed by atoms with Crippen molar-refractivity contribution in [2.45, 2.75) is 43.8 Å². The first-order valence-corrected chi connectivity index (χ1v) is 9.14. The lowest BCUT2D eigenvalue weighted by atomic mass is 10.1. The van der Waals surface area contributed by atoms with Gasteiger partial charge >= 0.3 is 5.97 Å². The van der Waals surface area contributed by atoms with Crippen LogP contribution >= 0.6 is 12.6 Å². The van der Waals surface area contributed by atoms with Crippen LogP contribution < -0.4 is 33.2 Å². The monoisotopic (exact) mass is 434 g/mol. The topological polar surface area (TPSA) is 237 Å². The predicted octanol–water partition coefficient (Wildman–Crippen LogP) is -4.06. The van der Waals surface area contributed by atoms with Crippen molar-refractivity contribution in [2.75, 3.05) is 12.3 Å². The Morgan fingerprint density at radius 2 is 1.41 bits per heavy atom. The largest absolute Gasteiger partial charge is 0.480 e.